The van der Waals surface area contributed by atoms with E-state index in [-0.39, 0.29) is 22.4 Å². The Morgan fingerprint density at radius 2 is 1.88 bits per heavy atom. The summed E-state index contributed by atoms with van der Waals surface area (Å²) in [5.74, 6) is 0.220. The van der Waals surface area contributed by atoms with Crippen LogP contribution in [0.2, 0.25) is 0 Å². The molecule has 0 fully saturated rings. The Morgan fingerprint density at radius 1 is 1.25 bits per heavy atom. The van der Waals surface area contributed by atoms with Crippen LogP contribution >= 0.6 is 0 Å². The molecule has 2 rings (SSSR count). The van der Waals surface area contributed by atoms with Crippen LogP contribution in [-0.2, 0) is 10.0 Å². The Kier molecular flexibility index (Phi) is 5.24. The summed E-state index contributed by atoms with van der Waals surface area (Å²) in [5, 5.41) is 8.82. The summed E-state index contributed by atoms with van der Waals surface area (Å²) >= 11 is 0. The molecule has 0 aliphatic carbocycles. The Balaban J connectivity index is 2.09. The molecule has 0 bridgehead atoms. The van der Waals surface area contributed by atoms with Crippen LogP contribution in [0.25, 0.3) is 0 Å². The molecule has 0 aliphatic heterocycles. The van der Waals surface area contributed by atoms with E-state index in [4.69, 9.17) is 4.52 Å². The average Bonchev–Trinajstić information content (AvgIpc) is 2.86. The first-order chi connectivity index (χ1) is 11.3. The van der Waals surface area contributed by atoms with Crippen LogP contribution in [0.4, 0.5) is 16.2 Å². The molecule has 0 unspecified atom stereocenters. The van der Waals surface area contributed by atoms with Gasteiger partial charge in [-0.05, 0) is 38.1 Å². The third-order valence-electron chi connectivity index (χ3n) is 3.04. The van der Waals surface area contributed by atoms with Crippen molar-refractivity contribution >= 4 is 27.4 Å². The van der Waals surface area contributed by atoms with Crippen LogP contribution in [0, 0.1) is 13.8 Å². The van der Waals surface area contributed by atoms with Crippen molar-refractivity contribution in [2.45, 2.75) is 18.7 Å². The SMILES string of the molecule is C=CCNC(=O)Nc1ccc(NS(=O)(=O)c2c(C)noc2C)cc1. The van der Waals surface area contributed by atoms with Crippen molar-refractivity contribution in [2.24, 2.45) is 0 Å². The molecule has 2 amide bonds. The number of aromatic nitrogens is 1. The monoisotopic (exact) mass is 350 g/mol. The van der Waals surface area contributed by atoms with Crippen molar-refractivity contribution in [3.05, 3.63) is 48.4 Å². The van der Waals surface area contributed by atoms with E-state index in [2.05, 4.69) is 27.1 Å². The van der Waals surface area contributed by atoms with E-state index in [0.717, 1.165) is 0 Å². The number of anilines is 2. The number of urea groups is 1. The van der Waals surface area contributed by atoms with E-state index in [1.807, 2.05) is 0 Å². The van der Waals surface area contributed by atoms with Gasteiger partial charge in [0.15, 0.2) is 10.7 Å². The van der Waals surface area contributed by atoms with Crippen molar-refractivity contribution in [2.75, 3.05) is 16.6 Å². The van der Waals surface area contributed by atoms with Crippen LogP contribution in [0.5, 0.6) is 0 Å². The number of amides is 2. The smallest absolute Gasteiger partial charge is 0.319 e. The van der Waals surface area contributed by atoms with E-state index in [1.54, 1.807) is 37.3 Å². The number of aryl methyl sites for hydroxylation is 2. The fourth-order valence-corrected chi connectivity index (χ4v) is 3.42. The highest BCUT2D eigenvalue weighted by atomic mass is 32.2. The number of nitrogens with one attached hydrogen (secondary N) is 3. The molecule has 0 radical (unpaired) electrons. The number of benzene rings is 1. The molecule has 9 heteroatoms. The molecule has 0 saturated heterocycles. The minimum absolute atomic E-state index is 0.0218. The number of carbonyl (C=O) groups excluding carboxylic acids is 1. The zero-order chi connectivity index (χ0) is 17.7. The summed E-state index contributed by atoms with van der Waals surface area (Å²) in [6.07, 6.45) is 1.56. The molecule has 0 atom stereocenters. The minimum atomic E-state index is -3.80. The summed E-state index contributed by atoms with van der Waals surface area (Å²) in [7, 11) is -3.80. The topological polar surface area (TPSA) is 113 Å². The zero-order valence-electron chi connectivity index (χ0n) is 13.3. The third kappa shape index (κ3) is 4.13. The number of hydrogen-bond acceptors (Lipinski definition) is 5. The highest BCUT2D eigenvalue weighted by Crippen LogP contribution is 2.23. The second kappa shape index (κ2) is 7.18. The molecule has 2 aromatic rings. The highest BCUT2D eigenvalue weighted by Gasteiger charge is 2.24. The lowest BCUT2D eigenvalue weighted by molar-refractivity contribution is 0.253. The van der Waals surface area contributed by atoms with Gasteiger partial charge < -0.3 is 15.2 Å². The Morgan fingerprint density at radius 3 is 2.42 bits per heavy atom. The standard InChI is InChI=1S/C15H18N4O4S/c1-4-9-16-15(20)17-12-5-7-13(8-6-12)19-24(21,22)14-10(2)18-23-11(14)3/h4-8,19H,1,9H2,2-3H3,(H2,16,17,20). The molecule has 1 heterocycles. The van der Waals surface area contributed by atoms with Gasteiger partial charge in [0, 0.05) is 17.9 Å². The van der Waals surface area contributed by atoms with Gasteiger partial charge in [0.05, 0.1) is 0 Å². The van der Waals surface area contributed by atoms with Gasteiger partial charge in [-0.3, -0.25) is 4.72 Å². The second-order valence-electron chi connectivity index (χ2n) is 4.96. The summed E-state index contributed by atoms with van der Waals surface area (Å²) in [6.45, 7) is 6.93. The molecular weight excluding hydrogens is 332 g/mol. The quantitative estimate of drug-likeness (QED) is 0.692. The van der Waals surface area contributed by atoms with Crippen LogP contribution in [0.3, 0.4) is 0 Å². The van der Waals surface area contributed by atoms with Crippen molar-refractivity contribution in [1.82, 2.24) is 10.5 Å². The van der Waals surface area contributed by atoms with E-state index in [9.17, 15) is 13.2 Å². The van der Waals surface area contributed by atoms with Crippen LogP contribution in [0.1, 0.15) is 11.5 Å². The zero-order valence-corrected chi connectivity index (χ0v) is 14.1. The molecule has 1 aromatic heterocycles. The predicted octanol–water partition coefficient (Wildman–Crippen LogP) is 2.40. The number of sulfonamides is 1. The summed E-state index contributed by atoms with van der Waals surface area (Å²) < 4.78 is 32.1. The lowest BCUT2D eigenvalue weighted by Crippen LogP contribution is -2.28. The van der Waals surface area contributed by atoms with E-state index in [1.165, 1.54) is 6.92 Å². The largest absolute Gasteiger partial charge is 0.360 e. The highest BCUT2D eigenvalue weighted by molar-refractivity contribution is 7.92. The molecule has 8 nitrogen and oxygen atoms in total. The lowest BCUT2D eigenvalue weighted by atomic mass is 10.3. The first-order valence-corrected chi connectivity index (χ1v) is 8.53. The third-order valence-corrected chi connectivity index (χ3v) is 4.66. The van der Waals surface area contributed by atoms with Crippen LogP contribution < -0.4 is 15.4 Å². The molecule has 0 spiro atoms. The number of hydrogen-bond donors (Lipinski definition) is 3. The van der Waals surface area contributed by atoms with Crippen molar-refractivity contribution in [3.63, 3.8) is 0 Å². The van der Waals surface area contributed by atoms with Gasteiger partial charge in [-0.25, -0.2) is 13.2 Å². The summed E-state index contributed by atoms with van der Waals surface area (Å²) in [4.78, 5) is 11.5. The van der Waals surface area contributed by atoms with Gasteiger partial charge in [0.2, 0.25) is 0 Å². The van der Waals surface area contributed by atoms with Gasteiger partial charge in [-0.1, -0.05) is 11.2 Å². The van der Waals surface area contributed by atoms with Gasteiger partial charge in [-0.2, -0.15) is 0 Å². The fraction of sp³-hybridized carbons (Fsp3) is 0.200. The van der Waals surface area contributed by atoms with Crippen LogP contribution in [-0.4, -0.2) is 26.2 Å². The van der Waals surface area contributed by atoms with E-state index < -0.39 is 10.0 Å². The first kappa shape index (κ1) is 17.5. The van der Waals surface area contributed by atoms with Crippen molar-refractivity contribution in [3.8, 4) is 0 Å². The second-order valence-corrected chi connectivity index (χ2v) is 6.58. The fourth-order valence-electron chi connectivity index (χ4n) is 2.03. The number of rotatable bonds is 6. The molecular formula is C15H18N4O4S. The lowest BCUT2D eigenvalue weighted by Gasteiger charge is -2.09. The Hall–Kier alpha value is -2.81. The molecule has 128 valence electrons. The molecule has 1 aromatic carbocycles. The van der Waals surface area contributed by atoms with Crippen LogP contribution in [0.15, 0.2) is 46.3 Å². The summed E-state index contributed by atoms with van der Waals surface area (Å²) in [5.41, 5.74) is 1.17. The van der Waals surface area contributed by atoms with Gasteiger partial charge in [0.1, 0.15) is 5.69 Å². The number of nitrogens with zero attached hydrogens (tertiary/aromatic N) is 1. The maximum absolute atomic E-state index is 12.4. The molecule has 24 heavy (non-hydrogen) atoms. The normalized spacial score (nSPS) is 10.9. The predicted molar refractivity (Wildman–Crippen MR) is 90.4 cm³/mol. The maximum atomic E-state index is 12.4. The molecule has 0 aliphatic rings. The van der Waals surface area contributed by atoms with Gasteiger partial charge in [-0.15, -0.1) is 6.58 Å². The van der Waals surface area contributed by atoms with Crippen molar-refractivity contribution in [1.29, 1.82) is 0 Å². The van der Waals surface area contributed by atoms with E-state index in [0.29, 0.717) is 17.9 Å². The van der Waals surface area contributed by atoms with Gasteiger partial charge >= 0.3 is 6.03 Å². The molecule has 3 N–H and O–H groups in total. The minimum Gasteiger partial charge on any atom is -0.360 e. The first-order valence-electron chi connectivity index (χ1n) is 7.05. The van der Waals surface area contributed by atoms with E-state index >= 15 is 0 Å². The van der Waals surface area contributed by atoms with Crippen molar-refractivity contribution < 1.29 is 17.7 Å². The maximum Gasteiger partial charge on any atom is 0.319 e. The Labute approximate surface area is 140 Å². The molecule has 0 saturated carbocycles. The average molecular weight is 350 g/mol. The Bertz CT molecular complexity index is 821. The number of carbonyl (C=O) groups is 1. The summed E-state index contributed by atoms with van der Waals surface area (Å²) in [6, 6.07) is 5.87. The van der Waals surface area contributed by atoms with Gasteiger partial charge in [0.25, 0.3) is 10.0 Å².